The summed E-state index contributed by atoms with van der Waals surface area (Å²) in [5.74, 6) is 0.609. The van der Waals surface area contributed by atoms with Crippen LogP contribution in [0.1, 0.15) is 40.5 Å². The Bertz CT molecular complexity index is 184. The first-order valence-electron chi connectivity index (χ1n) is 4.71. The van der Waals surface area contributed by atoms with Gasteiger partial charge in [0, 0.05) is 0 Å². The zero-order valence-electron chi connectivity index (χ0n) is 8.59. The lowest BCUT2D eigenvalue weighted by molar-refractivity contribution is 0.0460. The molecular formula is C11H20O. The summed E-state index contributed by atoms with van der Waals surface area (Å²) in [6.45, 7) is 8.62. The third-order valence-corrected chi connectivity index (χ3v) is 2.78. The molecule has 0 aromatic rings. The van der Waals surface area contributed by atoms with Gasteiger partial charge in [0.2, 0.25) is 0 Å². The molecule has 0 unspecified atom stereocenters. The Morgan fingerprint density at radius 3 is 2.33 bits per heavy atom. The molecule has 0 saturated heterocycles. The van der Waals surface area contributed by atoms with E-state index in [1.807, 2.05) is 13.0 Å². The largest absolute Gasteiger partial charge is 0.386 e. The van der Waals surface area contributed by atoms with Gasteiger partial charge < -0.3 is 5.11 Å². The van der Waals surface area contributed by atoms with E-state index in [1.54, 1.807) is 0 Å². The van der Waals surface area contributed by atoms with Gasteiger partial charge in [-0.25, -0.2) is 0 Å². The van der Waals surface area contributed by atoms with Crippen LogP contribution in [0.4, 0.5) is 0 Å². The van der Waals surface area contributed by atoms with E-state index in [-0.39, 0.29) is 0 Å². The lowest BCUT2D eigenvalue weighted by atomic mass is 9.71. The molecule has 1 aliphatic carbocycles. The van der Waals surface area contributed by atoms with E-state index in [9.17, 15) is 5.11 Å². The third kappa shape index (κ3) is 2.34. The first-order chi connectivity index (χ1) is 5.31. The Morgan fingerprint density at radius 1 is 1.42 bits per heavy atom. The van der Waals surface area contributed by atoms with E-state index >= 15 is 0 Å². The Morgan fingerprint density at radius 2 is 2.00 bits per heavy atom. The Balaban J connectivity index is 2.69. The topological polar surface area (TPSA) is 20.2 Å². The van der Waals surface area contributed by atoms with Gasteiger partial charge in [-0.1, -0.05) is 32.9 Å². The van der Waals surface area contributed by atoms with E-state index < -0.39 is 5.60 Å². The molecule has 1 rings (SSSR count). The molecule has 0 fully saturated rings. The fourth-order valence-corrected chi connectivity index (χ4v) is 1.80. The molecule has 1 aliphatic rings. The van der Waals surface area contributed by atoms with Crippen LogP contribution in [-0.4, -0.2) is 10.7 Å². The minimum Gasteiger partial charge on any atom is -0.386 e. The zero-order chi connectivity index (χ0) is 9.41. The molecule has 0 radical (unpaired) electrons. The maximum Gasteiger partial charge on any atom is 0.0802 e. The zero-order valence-corrected chi connectivity index (χ0v) is 8.59. The molecule has 12 heavy (non-hydrogen) atoms. The van der Waals surface area contributed by atoms with Gasteiger partial charge in [-0.3, -0.25) is 0 Å². The summed E-state index contributed by atoms with van der Waals surface area (Å²) in [5, 5.41) is 9.82. The van der Waals surface area contributed by atoms with Crippen LogP contribution in [0.5, 0.6) is 0 Å². The van der Waals surface area contributed by atoms with Crippen molar-refractivity contribution >= 4 is 0 Å². The highest BCUT2D eigenvalue weighted by molar-refractivity contribution is 5.06. The second kappa shape index (κ2) is 2.88. The van der Waals surface area contributed by atoms with Crippen molar-refractivity contribution in [3.05, 3.63) is 12.2 Å². The summed E-state index contributed by atoms with van der Waals surface area (Å²) in [4.78, 5) is 0. The molecule has 0 amide bonds. The van der Waals surface area contributed by atoms with Gasteiger partial charge in [-0.05, 0) is 31.1 Å². The first kappa shape index (κ1) is 9.79. The molecule has 1 heteroatoms. The van der Waals surface area contributed by atoms with Gasteiger partial charge >= 0.3 is 0 Å². The smallest absolute Gasteiger partial charge is 0.0802 e. The lowest BCUT2D eigenvalue weighted by Gasteiger charge is -2.37. The standard InChI is InChI=1S/C11H20O/c1-10(2,3)9-6-5-7-11(4,12)8-9/h5,7,9,12H,6,8H2,1-4H3/t9-,11+/m0/s1. The third-order valence-electron chi connectivity index (χ3n) is 2.78. The van der Waals surface area contributed by atoms with Crippen LogP contribution >= 0.6 is 0 Å². The number of rotatable bonds is 0. The Hall–Kier alpha value is -0.300. The molecule has 0 bridgehead atoms. The van der Waals surface area contributed by atoms with Crippen LogP contribution in [0.3, 0.4) is 0 Å². The molecule has 0 aromatic heterocycles. The summed E-state index contributed by atoms with van der Waals surface area (Å²) in [6, 6.07) is 0. The molecule has 70 valence electrons. The highest BCUT2D eigenvalue weighted by Gasteiger charge is 2.32. The normalized spacial score (nSPS) is 36.9. The maximum atomic E-state index is 9.82. The van der Waals surface area contributed by atoms with E-state index in [0.717, 1.165) is 12.8 Å². The van der Waals surface area contributed by atoms with Crippen LogP contribution in [0.2, 0.25) is 0 Å². The predicted molar refractivity (Wildman–Crippen MR) is 51.9 cm³/mol. The van der Waals surface area contributed by atoms with Crippen molar-refractivity contribution < 1.29 is 5.11 Å². The number of hydrogen-bond acceptors (Lipinski definition) is 1. The molecule has 1 N–H and O–H groups in total. The minimum absolute atomic E-state index is 0.314. The van der Waals surface area contributed by atoms with E-state index in [4.69, 9.17) is 0 Å². The number of hydrogen-bond donors (Lipinski definition) is 1. The molecule has 1 nitrogen and oxygen atoms in total. The molecule has 0 spiro atoms. The lowest BCUT2D eigenvalue weighted by Crippen LogP contribution is -2.33. The SMILES string of the molecule is CC(C)(C)[C@H]1CC=C[C@@](C)(O)C1. The van der Waals surface area contributed by atoms with Crippen molar-refractivity contribution in [2.24, 2.45) is 11.3 Å². The average molecular weight is 168 g/mol. The maximum absolute atomic E-state index is 9.82. The second-order valence-corrected chi connectivity index (χ2v) is 5.26. The highest BCUT2D eigenvalue weighted by atomic mass is 16.3. The van der Waals surface area contributed by atoms with Crippen molar-refractivity contribution in [3.8, 4) is 0 Å². The quantitative estimate of drug-likeness (QED) is 0.551. The minimum atomic E-state index is -0.573. The van der Waals surface area contributed by atoms with Crippen molar-refractivity contribution in [2.75, 3.05) is 0 Å². The fraction of sp³-hybridized carbons (Fsp3) is 0.818. The van der Waals surface area contributed by atoms with Gasteiger partial charge in [0.05, 0.1) is 5.60 Å². The van der Waals surface area contributed by atoms with Gasteiger partial charge in [-0.15, -0.1) is 0 Å². The first-order valence-corrected chi connectivity index (χ1v) is 4.71. The second-order valence-electron chi connectivity index (χ2n) is 5.26. The van der Waals surface area contributed by atoms with Gasteiger partial charge in [-0.2, -0.15) is 0 Å². The van der Waals surface area contributed by atoms with Gasteiger partial charge in [0.15, 0.2) is 0 Å². The van der Waals surface area contributed by atoms with Crippen molar-refractivity contribution in [2.45, 2.75) is 46.1 Å². The van der Waals surface area contributed by atoms with Gasteiger partial charge in [0.25, 0.3) is 0 Å². The van der Waals surface area contributed by atoms with Crippen LogP contribution in [-0.2, 0) is 0 Å². The summed E-state index contributed by atoms with van der Waals surface area (Å²) in [7, 11) is 0. The highest BCUT2D eigenvalue weighted by Crippen LogP contribution is 2.38. The molecule has 0 heterocycles. The van der Waals surface area contributed by atoms with E-state index in [1.165, 1.54) is 0 Å². The van der Waals surface area contributed by atoms with Gasteiger partial charge in [0.1, 0.15) is 0 Å². The van der Waals surface area contributed by atoms with Crippen LogP contribution < -0.4 is 0 Å². The van der Waals surface area contributed by atoms with Crippen LogP contribution in [0.15, 0.2) is 12.2 Å². The summed E-state index contributed by atoms with van der Waals surface area (Å²) < 4.78 is 0. The monoisotopic (exact) mass is 168 g/mol. The summed E-state index contributed by atoms with van der Waals surface area (Å²) >= 11 is 0. The predicted octanol–water partition coefficient (Wildman–Crippen LogP) is 2.75. The Kier molecular flexibility index (Phi) is 2.35. The molecule has 0 saturated carbocycles. The van der Waals surface area contributed by atoms with Crippen molar-refractivity contribution in [3.63, 3.8) is 0 Å². The number of aliphatic hydroxyl groups is 1. The Labute approximate surface area is 75.5 Å². The molecule has 0 aromatic carbocycles. The molecule has 0 aliphatic heterocycles. The van der Waals surface area contributed by atoms with E-state index in [0.29, 0.717) is 11.3 Å². The van der Waals surface area contributed by atoms with E-state index in [2.05, 4.69) is 26.8 Å². The van der Waals surface area contributed by atoms with Crippen LogP contribution in [0.25, 0.3) is 0 Å². The number of allylic oxidation sites excluding steroid dienone is 1. The fourth-order valence-electron chi connectivity index (χ4n) is 1.80. The molecular weight excluding hydrogens is 148 g/mol. The summed E-state index contributed by atoms with van der Waals surface area (Å²) in [5.41, 5.74) is -0.259. The van der Waals surface area contributed by atoms with Crippen molar-refractivity contribution in [1.82, 2.24) is 0 Å². The van der Waals surface area contributed by atoms with Crippen molar-refractivity contribution in [1.29, 1.82) is 0 Å². The summed E-state index contributed by atoms with van der Waals surface area (Å²) in [6.07, 6.45) is 6.04. The molecule has 2 atom stereocenters. The van der Waals surface area contributed by atoms with Crippen LogP contribution in [0, 0.1) is 11.3 Å². The average Bonchev–Trinajstić information content (AvgIpc) is 1.83.